The van der Waals surface area contributed by atoms with Crippen LogP contribution >= 0.6 is 47.0 Å². The Morgan fingerprint density at radius 1 is 0.364 bits per heavy atom. The molecule has 0 aliphatic heterocycles. The molecule has 0 N–H and O–H groups in total. The van der Waals surface area contributed by atoms with Crippen LogP contribution in [0.4, 0.5) is 0 Å². The number of benzene rings is 4. The summed E-state index contributed by atoms with van der Waals surface area (Å²) in [5.41, 5.74) is 5.25. The van der Waals surface area contributed by atoms with E-state index < -0.39 is 0 Å². The summed E-state index contributed by atoms with van der Waals surface area (Å²) in [7, 11) is 0. The summed E-state index contributed by atoms with van der Waals surface area (Å²) in [5.74, 6) is 0. The van der Waals surface area contributed by atoms with Crippen molar-refractivity contribution < 1.29 is 0 Å². The molecule has 0 bridgehead atoms. The molecule has 4 rings (SSSR count). The molecule has 0 saturated heterocycles. The summed E-state index contributed by atoms with van der Waals surface area (Å²) in [6.07, 6.45) is 0. The van der Waals surface area contributed by atoms with Gasteiger partial charge in [-0.2, -0.15) is 0 Å². The highest BCUT2D eigenvalue weighted by atomic mass is 32.3. The molecular formula is C29H28S4. The molecule has 0 saturated carbocycles. The van der Waals surface area contributed by atoms with Crippen molar-refractivity contribution in [2.75, 3.05) is 0 Å². The van der Waals surface area contributed by atoms with Crippen molar-refractivity contribution in [3.63, 3.8) is 0 Å². The predicted octanol–water partition coefficient (Wildman–Crippen LogP) is 10.0. The predicted molar refractivity (Wildman–Crippen MR) is 151 cm³/mol. The minimum atomic E-state index is -0.254. The van der Waals surface area contributed by atoms with Crippen LogP contribution in [0.15, 0.2) is 117 Å². The van der Waals surface area contributed by atoms with Crippen LogP contribution in [-0.4, -0.2) is 2.74 Å². The van der Waals surface area contributed by atoms with Gasteiger partial charge in [0.2, 0.25) is 0 Å². The van der Waals surface area contributed by atoms with E-state index in [2.05, 4.69) is 125 Å². The second kappa shape index (κ2) is 11.1. The van der Waals surface area contributed by atoms with E-state index in [9.17, 15) is 0 Å². The Morgan fingerprint density at radius 2 is 0.576 bits per heavy atom. The van der Waals surface area contributed by atoms with Gasteiger partial charge in [-0.15, -0.1) is 0 Å². The van der Waals surface area contributed by atoms with Crippen LogP contribution in [0.2, 0.25) is 0 Å². The first-order valence-corrected chi connectivity index (χ1v) is 14.2. The molecule has 0 aromatic heterocycles. The number of hydrogen-bond donors (Lipinski definition) is 0. The Labute approximate surface area is 215 Å². The van der Waals surface area contributed by atoms with Crippen LogP contribution in [0.1, 0.15) is 22.3 Å². The minimum absolute atomic E-state index is 0.254. The summed E-state index contributed by atoms with van der Waals surface area (Å²) in [6.45, 7) is 8.84. The summed E-state index contributed by atoms with van der Waals surface area (Å²) in [5, 5.41) is 0. The molecule has 0 aliphatic carbocycles. The standard InChI is InChI=1S/C29H28S4/c1-21-13-5-9-17-25(21)30-29(31-26-18-10-6-14-22(26)2,32-27-19-11-7-15-23(27)3)33-28-20-12-8-16-24(28)4/h5-20H,1-4H3. The van der Waals surface area contributed by atoms with Crippen molar-refractivity contribution in [1.82, 2.24) is 0 Å². The second-order valence-electron chi connectivity index (χ2n) is 7.97. The van der Waals surface area contributed by atoms with Crippen LogP contribution in [0, 0.1) is 27.7 Å². The summed E-state index contributed by atoms with van der Waals surface area (Å²) >= 11 is 7.85. The van der Waals surface area contributed by atoms with Gasteiger partial charge in [-0.3, -0.25) is 0 Å². The Kier molecular flexibility index (Phi) is 8.24. The minimum Gasteiger partial charge on any atom is -0.0851 e. The fourth-order valence-corrected chi connectivity index (χ4v) is 10.2. The van der Waals surface area contributed by atoms with E-state index in [-0.39, 0.29) is 2.74 Å². The van der Waals surface area contributed by atoms with E-state index in [1.165, 1.54) is 41.8 Å². The van der Waals surface area contributed by atoms with E-state index in [4.69, 9.17) is 0 Å². The highest BCUT2D eigenvalue weighted by molar-refractivity contribution is 8.47. The van der Waals surface area contributed by atoms with Gasteiger partial charge in [0.1, 0.15) is 0 Å². The molecule has 4 aromatic rings. The van der Waals surface area contributed by atoms with Gasteiger partial charge in [-0.05, 0) is 74.2 Å². The fourth-order valence-electron chi connectivity index (χ4n) is 3.35. The normalized spacial score (nSPS) is 11.5. The van der Waals surface area contributed by atoms with Gasteiger partial charge in [0.05, 0.1) is 0 Å². The summed E-state index contributed by atoms with van der Waals surface area (Å²) < 4.78 is -0.254. The Balaban J connectivity index is 1.86. The lowest BCUT2D eigenvalue weighted by atomic mass is 10.2. The first kappa shape index (κ1) is 24.4. The van der Waals surface area contributed by atoms with Gasteiger partial charge in [-0.1, -0.05) is 120 Å². The van der Waals surface area contributed by atoms with Gasteiger partial charge >= 0.3 is 0 Å². The number of hydrogen-bond acceptors (Lipinski definition) is 4. The molecule has 0 radical (unpaired) electrons. The van der Waals surface area contributed by atoms with Gasteiger partial charge in [-0.25, -0.2) is 0 Å². The highest BCUT2D eigenvalue weighted by Gasteiger charge is 2.37. The van der Waals surface area contributed by atoms with Gasteiger partial charge in [0.15, 0.2) is 2.74 Å². The monoisotopic (exact) mass is 504 g/mol. The molecule has 0 unspecified atom stereocenters. The van der Waals surface area contributed by atoms with E-state index in [1.807, 2.05) is 47.0 Å². The molecule has 0 atom stereocenters. The van der Waals surface area contributed by atoms with Crippen molar-refractivity contribution in [3.05, 3.63) is 119 Å². The number of aryl methyl sites for hydroxylation is 4. The average Bonchev–Trinajstić information content (AvgIpc) is 2.80. The SMILES string of the molecule is Cc1ccccc1SC(Sc1ccccc1C)(Sc1ccccc1C)Sc1ccccc1C. The van der Waals surface area contributed by atoms with E-state index in [0.29, 0.717) is 0 Å². The molecular weight excluding hydrogens is 477 g/mol. The second-order valence-corrected chi connectivity index (χ2v) is 14.5. The van der Waals surface area contributed by atoms with Crippen LogP contribution in [-0.2, 0) is 0 Å². The lowest BCUT2D eigenvalue weighted by Crippen LogP contribution is -2.12. The molecule has 4 aromatic carbocycles. The first-order valence-electron chi connectivity index (χ1n) is 10.9. The van der Waals surface area contributed by atoms with Crippen LogP contribution in [0.25, 0.3) is 0 Å². The van der Waals surface area contributed by atoms with E-state index in [1.54, 1.807) is 0 Å². The zero-order valence-corrected chi connectivity index (χ0v) is 22.6. The third kappa shape index (κ3) is 6.24. The average molecular weight is 505 g/mol. The molecule has 0 spiro atoms. The molecule has 0 fully saturated rings. The van der Waals surface area contributed by atoms with Crippen LogP contribution in [0.5, 0.6) is 0 Å². The Bertz CT molecular complexity index is 1040. The van der Waals surface area contributed by atoms with E-state index >= 15 is 0 Å². The highest BCUT2D eigenvalue weighted by Crippen LogP contribution is 2.64. The lowest BCUT2D eigenvalue weighted by molar-refractivity contribution is 1.27. The third-order valence-electron chi connectivity index (χ3n) is 5.31. The zero-order valence-electron chi connectivity index (χ0n) is 19.4. The Hall–Kier alpha value is -1.72. The molecule has 0 amide bonds. The quantitative estimate of drug-likeness (QED) is 0.173. The van der Waals surface area contributed by atoms with Gasteiger partial charge in [0, 0.05) is 19.6 Å². The van der Waals surface area contributed by atoms with Crippen molar-refractivity contribution in [2.45, 2.75) is 50.0 Å². The van der Waals surface area contributed by atoms with Gasteiger partial charge < -0.3 is 0 Å². The zero-order chi connectivity index (χ0) is 23.3. The summed E-state index contributed by atoms with van der Waals surface area (Å²) in [6, 6.07) is 34.9. The largest absolute Gasteiger partial charge is 0.171 e. The summed E-state index contributed by atoms with van der Waals surface area (Å²) in [4.78, 5) is 5.28. The maximum absolute atomic E-state index is 2.25. The van der Waals surface area contributed by atoms with Crippen molar-refractivity contribution in [1.29, 1.82) is 0 Å². The molecule has 0 nitrogen and oxygen atoms in total. The maximum Gasteiger partial charge on any atom is 0.171 e. The maximum atomic E-state index is 2.25. The van der Waals surface area contributed by atoms with Crippen LogP contribution in [0.3, 0.4) is 0 Å². The molecule has 33 heavy (non-hydrogen) atoms. The fraction of sp³-hybridized carbons (Fsp3) is 0.172. The van der Waals surface area contributed by atoms with E-state index in [0.717, 1.165) is 0 Å². The molecule has 168 valence electrons. The smallest absolute Gasteiger partial charge is 0.0851 e. The number of thioether (sulfide) groups is 4. The molecule has 0 aliphatic rings. The Morgan fingerprint density at radius 3 is 0.788 bits per heavy atom. The van der Waals surface area contributed by atoms with Crippen LogP contribution < -0.4 is 0 Å². The first-order chi connectivity index (χ1) is 16.0. The molecule has 0 heterocycles. The number of rotatable bonds is 8. The van der Waals surface area contributed by atoms with Gasteiger partial charge in [0.25, 0.3) is 0 Å². The third-order valence-corrected chi connectivity index (χ3v) is 12.0. The molecule has 4 heteroatoms. The van der Waals surface area contributed by atoms with Crippen molar-refractivity contribution in [3.8, 4) is 0 Å². The van der Waals surface area contributed by atoms with Crippen molar-refractivity contribution in [2.24, 2.45) is 0 Å². The topological polar surface area (TPSA) is 0 Å². The lowest BCUT2D eigenvalue weighted by Gasteiger charge is -2.33. The van der Waals surface area contributed by atoms with Crippen molar-refractivity contribution >= 4 is 47.0 Å².